The Morgan fingerprint density at radius 1 is 1.15 bits per heavy atom. The Balaban J connectivity index is 1.81. The number of morpholine rings is 1. The SMILES string of the molecule is CCc1nc(-c2ccc(N3CCOCC3)cc2)oc1C. The zero-order valence-electron chi connectivity index (χ0n) is 12.1. The Hall–Kier alpha value is -1.81. The first-order valence-corrected chi connectivity index (χ1v) is 7.17. The summed E-state index contributed by atoms with van der Waals surface area (Å²) in [5, 5.41) is 0. The highest BCUT2D eigenvalue weighted by molar-refractivity contribution is 5.59. The van der Waals surface area contributed by atoms with Crippen LogP contribution in [0.5, 0.6) is 0 Å². The molecule has 4 nitrogen and oxygen atoms in total. The van der Waals surface area contributed by atoms with E-state index in [1.807, 2.05) is 6.92 Å². The van der Waals surface area contributed by atoms with Crippen molar-refractivity contribution in [1.82, 2.24) is 4.98 Å². The van der Waals surface area contributed by atoms with E-state index in [4.69, 9.17) is 9.15 Å². The van der Waals surface area contributed by atoms with Gasteiger partial charge in [0.05, 0.1) is 18.9 Å². The van der Waals surface area contributed by atoms with Crippen molar-refractivity contribution in [1.29, 1.82) is 0 Å². The first-order valence-electron chi connectivity index (χ1n) is 7.17. The molecule has 1 aliphatic rings. The molecule has 3 rings (SSSR count). The molecule has 0 aliphatic carbocycles. The van der Waals surface area contributed by atoms with E-state index in [2.05, 4.69) is 41.1 Å². The number of oxazole rings is 1. The maximum Gasteiger partial charge on any atom is 0.226 e. The fraction of sp³-hybridized carbons (Fsp3) is 0.438. The summed E-state index contributed by atoms with van der Waals surface area (Å²) >= 11 is 0. The van der Waals surface area contributed by atoms with Gasteiger partial charge in [0.25, 0.3) is 0 Å². The van der Waals surface area contributed by atoms with Crippen molar-refractivity contribution >= 4 is 5.69 Å². The molecule has 106 valence electrons. The molecule has 1 aromatic carbocycles. The van der Waals surface area contributed by atoms with Gasteiger partial charge in [0.15, 0.2) is 0 Å². The van der Waals surface area contributed by atoms with E-state index in [-0.39, 0.29) is 0 Å². The van der Waals surface area contributed by atoms with Gasteiger partial charge >= 0.3 is 0 Å². The highest BCUT2D eigenvalue weighted by Crippen LogP contribution is 2.25. The summed E-state index contributed by atoms with van der Waals surface area (Å²) in [6.07, 6.45) is 0.904. The number of aromatic nitrogens is 1. The van der Waals surface area contributed by atoms with Crippen LogP contribution in [-0.4, -0.2) is 31.3 Å². The largest absolute Gasteiger partial charge is 0.441 e. The minimum absolute atomic E-state index is 0.716. The standard InChI is InChI=1S/C16H20N2O2/c1-3-15-12(2)20-16(17-15)13-4-6-14(7-5-13)18-8-10-19-11-9-18/h4-7H,3,8-11H2,1-2H3. The van der Waals surface area contributed by atoms with E-state index < -0.39 is 0 Å². The lowest BCUT2D eigenvalue weighted by Gasteiger charge is -2.28. The topological polar surface area (TPSA) is 38.5 Å². The fourth-order valence-electron chi connectivity index (χ4n) is 2.52. The summed E-state index contributed by atoms with van der Waals surface area (Å²) in [7, 11) is 0. The average Bonchev–Trinajstić information content (AvgIpc) is 2.89. The van der Waals surface area contributed by atoms with Crippen LogP contribution >= 0.6 is 0 Å². The van der Waals surface area contributed by atoms with Crippen molar-refractivity contribution in [3.63, 3.8) is 0 Å². The summed E-state index contributed by atoms with van der Waals surface area (Å²) in [5.74, 6) is 1.63. The zero-order chi connectivity index (χ0) is 13.9. The number of rotatable bonds is 3. The Kier molecular flexibility index (Phi) is 3.74. The van der Waals surface area contributed by atoms with Gasteiger partial charge in [0.1, 0.15) is 5.76 Å². The lowest BCUT2D eigenvalue weighted by Crippen LogP contribution is -2.36. The van der Waals surface area contributed by atoms with Crippen molar-refractivity contribution in [3.8, 4) is 11.5 Å². The smallest absolute Gasteiger partial charge is 0.226 e. The van der Waals surface area contributed by atoms with Crippen molar-refractivity contribution in [2.75, 3.05) is 31.2 Å². The molecule has 0 atom stereocenters. The molecule has 20 heavy (non-hydrogen) atoms. The van der Waals surface area contributed by atoms with Gasteiger partial charge in [-0.3, -0.25) is 0 Å². The van der Waals surface area contributed by atoms with Gasteiger partial charge in [0, 0.05) is 24.3 Å². The quantitative estimate of drug-likeness (QED) is 0.861. The van der Waals surface area contributed by atoms with Gasteiger partial charge in [0.2, 0.25) is 5.89 Å². The van der Waals surface area contributed by atoms with E-state index >= 15 is 0 Å². The lowest BCUT2D eigenvalue weighted by molar-refractivity contribution is 0.122. The van der Waals surface area contributed by atoms with Gasteiger partial charge in [-0.05, 0) is 37.6 Å². The number of ether oxygens (including phenoxy) is 1. The summed E-state index contributed by atoms with van der Waals surface area (Å²) < 4.78 is 11.1. The third-order valence-corrected chi connectivity index (χ3v) is 3.72. The number of nitrogens with zero attached hydrogens (tertiary/aromatic N) is 2. The number of hydrogen-bond acceptors (Lipinski definition) is 4. The van der Waals surface area contributed by atoms with Crippen molar-refractivity contribution < 1.29 is 9.15 Å². The van der Waals surface area contributed by atoms with Crippen molar-refractivity contribution in [2.24, 2.45) is 0 Å². The summed E-state index contributed by atoms with van der Waals surface area (Å²) in [6, 6.07) is 8.42. The molecule has 2 aromatic rings. The number of hydrogen-bond donors (Lipinski definition) is 0. The molecule has 1 saturated heterocycles. The minimum atomic E-state index is 0.716. The van der Waals surface area contributed by atoms with Gasteiger partial charge in [-0.1, -0.05) is 6.92 Å². The van der Waals surface area contributed by atoms with Gasteiger partial charge in [-0.2, -0.15) is 0 Å². The highest BCUT2D eigenvalue weighted by Gasteiger charge is 2.13. The van der Waals surface area contributed by atoms with Crippen molar-refractivity contribution in [3.05, 3.63) is 35.7 Å². The number of benzene rings is 1. The van der Waals surface area contributed by atoms with Crippen LogP contribution in [0.1, 0.15) is 18.4 Å². The maximum absolute atomic E-state index is 5.73. The predicted molar refractivity (Wildman–Crippen MR) is 79.1 cm³/mol. The van der Waals surface area contributed by atoms with E-state index in [0.29, 0.717) is 5.89 Å². The van der Waals surface area contributed by atoms with Gasteiger partial charge in [-0.25, -0.2) is 4.98 Å². The Bertz CT molecular complexity index is 569. The monoisotopic (exact) mass is 272 g/mol. The van der Waals surface area contributed by atoms with Crippen LogP contribution in [-0.2, 0) is 11.2 Å². The molecule has 0 unspecified atom stereocenters. The molecule has 0 radical (unpaired) electrons. The third-order valence-electron chi connectivity index (χ3n) is 3.72. The molecule has 0 saturated carbocycles. The maximum atomic E-state index is 5.73. The van der Waals surface area contributed by atoms with E-state index in [1.54, 1.807) is 0 Å². The van der Waals surface area contributed by atoms with Crippen LogP contribution in [0, 0.1) is 6.92 Å². The first kappa shape index (κ1) is 13.2. The predicted octanol–water partition coefficient (Wildman–Crippen LogP) is 3.05. The summed E-state index contributed by atoms with van der Waals surface area (Å²) in [6.45, 7) is 7.59. The normalized spacial score (nSPS) is 15.6. The summed E-state index contributed by atoms with van der Waals surface area (Å²) in [4.78, 5) is 6.88. The van der Waals surface area contributed by atoms with Crippen LogP contribution in [0.15, 0.2) is 28.7 Å². The molecule has 1 fully saturated rings. The Morgan fingerprint density at radius 2 is 1.85 bits per heavy atom. The molecular weight excluding hydrogens is 252 g/mol. The van der Waals surface area contributed by atoms with Crippen LogP contribution in [0.3, 0.4) is 0 Å². The van der Waals surface area contributed by atoms with Gasteiger partial charge in [-0.15, -0.1) is 0 Å². The minimum Gasteiger partial charge on any atom is -0.441 e. The second kappa shape index (κ2) is 5.67. The highest BCUT2D eigenvalue weighted by atomic mass is 16.5. The second-order valence-electron chi connectivity index (χ2n) is 5.02. The molecule has 0 amide bonds. The fourth-order valence-corrected chi connectivity index (χ4v) is 2.52. The first-order chi connectivity index (χ1) is 9.78. The number of aryl methyl sites for hydroxylation is 2. The number of anilines is 1. The van der Waals surface area contributed by atoms with E-state index in [9.17, 15) is 0 Å². The van der Waals surface area contributed by atoms with E-state index in [0.717, 1.165) is 49.7 Å². The molecule has 1 aromatic heterocycles. The van der Waals surface area contributed by atoms with Crippen LogP contribution in [0.4, 0.5) is 5.69 Å². The van der Waals surface area contributed by atoms with E-state index in [1.165, 1.54) is 5.69 Å². The molecule has 1 aliphatic heterocycles. The Labute approximate surface area is 119 Å². The van der Waals surface area contributed by atoms with Crippen LogP contribution in [0.2, 0.25) is 0 Å². The summed E-state index contributed by atoms with van der Waals surface area (Å²) in [5.41, 5.74) is 3.30. The lowest BCUT2D eigenvalue weighted by atomic mass is 10.2. The molecule has 2 heterocycles. The second-order valence-corrected chi connectivity index (χ2v) is 5.02. The molecule has 4 heteroatoms. The average molecular weight is 272 g/mol. The van der Waals surface area contributed by atoms with Gasteiger partial charge < -0.3 is 14.1 Å². The zero-order valence-corrected chi connectivity index (χ0v) is 12.1. The van der Waals surface area contributed by atoms with Crippen molar-refractivity contribution in [2.45, 2.75) is 20.3 Å². The molecular formula is C16H20N2O2. The molecule has 0 spiro atoms. The molecule has 0 bridgehead atoms. The van der Waals surface area contributed by atoms with Crippen LogP contribution in [0.25, 0.3) is 11.5 Å². The Morgan fingerprint density at radius 3 is 2.45 bits per heavy atom. The third kappa shape index (κ3) is 2.56. The van der Waals surface area contributed by atoms with Crippen LogP contribution < -0.4 is 4.90 Å². The molecule has 0 N–H and O–H groups in total.